The number of hydrogen-bond donors (Lipinski definition) is 2. The largest absolute Gasteiger partial charge is 0.481 e. The summed E-state index contributed by atoms with van der Waals surface area (Å²) in [5, 5.41) is 8.61. The highest BCUT2D eigenvalue weighted by atomic mass is 16.4. The lowest BCUT2D eigenvalue weighted by Gasteiger charge is -2.09. The number of nitrogens with two attached hydrogens (primary N) is 1. The van der Waals surface area contributed by atoms with Gasteiger partial charge in [-0.3, -0.25) is 14.8 Å². The van der Waals surface area contributed by atoms with Crippen molar-refractivity contribution in [3.05, 3.63) is 23.3 Å². The molecule has 0 bridgehead atoms. The number of fused-ring (bicyclic) bond motifs is 1. The molecule has 1 unspecified atom stereocenters. The van der Waals surface area contributed by atoms with E-state index in [1.165, 1.54) is 0 Å². The summed E-state index contributed by atoms with van der Waals surface area (Å²) < 4.78 is 0. The van der Waals surface area contributed by atoms with E-state index in [4.69, 9.17) is 10.8 Å². The summed E-state index contributed by atoms with van der Waals surface area (Å²) in [6, 6.07) is -0.555. The summed E-state index contributed by atoms with van der Waals surface area (Å²) in [6.45, 7) is 0. The number of nitrogens with zero attached hydrogens (tertiary/aromatic N) is 2. The molecule has 0 saturated heterocycles. The van der Waals surface area contributed by atoms with Gasteiger partial charge in [0.1, 0.15) is 0 Å². The fourth-order valence-corrected chi connectivity index (χ4v) is 1.77. The summed E-state index contributed by atoms with van der Waals surface area (Å²) in [7, 11) is 0. The van der Waals surface area contributed by atoms with E-state index in [2.05, 4.69) is 9.97 Å². The van der Waals surface area contributed by atoms with Crippen molar-refractivity contribution in [1.82, 2.24) is 9.97 Å². The van der Waals surface area contributed by atoms with Gasteiger partial charge in [-0.25, -0.2) is 0 Å². The number of carboxylic acid groups (broad SMARTS) is 1. The predicted octanol–water partition coefficient (Wildman–Crippen LogP) is 0.440. The average molecular weight is 207 g/mol. The minimum atomic E-state index is -0.912. The molecule has 5 heteroatoms. The molecule has 1 aliphatic rings. The standard InChI is InChI=1S/C10H13N3O2/c11-6(4-10(14)15)9-5-12-7-2-1-3-8(7)13-9/h5-6H,1-4,11H2,(H,14,15). The second-order valence-electron chi connectivity index (χ2n) is 3.75. The number of aromatic nitrogens is 2. The van der Waals surface area contributed by atoms with Crippen molar-refractivity contribution in [1.29, 1.82) is 0 Å². The molecular weight excluding hydrogens is 194 g/mol. The first kappa shape index (κ1) is 10.0. The van der Waals surface area contributed by atoms with Crippen molar-refractivity contribution >= 4 is 5.97 Å². The zero-order valence-electron chi connectivity index (χ0n) is 8.31. The van der Waals surface area contributed by atoms with Crippen molar-refractivity contribution in [2.75, 3.05) is 0 Å². The quantitative estimate of drug-likeness (QED) is 0.750. The Bertz CT molecular complexity index is 392. The normalized spacial score (nSPS) is 16.1. The summed E-state index contributed by atoms with van der Waals surface area (Å²) in [6.07, 6.45) is 4.46. The molecule has 1 heterocycles. The van der Waals surface area contributed by atoms with Crippen LogP contribution in [0.15, 0.2) is 6.20 Å². The molecular formula is C10H13N3O2. The third kappa shape index (κ3) is 2.12. The molecule has 2 rings (SSSR count). The van der Waals surface area contributed by atoms with Crippen LogP contribution in [0.25, 0.3) is 0 Å². The number of rotatable bonds is 3. The SMILES string of the molecule is NC(CC(=O)O)c1cnc2c(n1)CCC2. The first-order chi connectivity index (χ1) is 7.16. The van der Waals surface area contributed by atoms with Gasteiger partial charge in [-0.15, -0.1) is 0 Å². The van der Waals surface area contributed by atoms with E-state index in [0.29, 0.717) is 5.69 Å². The van der Waals surface area contributed by atoms with Gasteiger partial charge in [0.2, 0.25) is 0 Å². The van der Waals surface area contributed by atoms with Crippen molar-refractivity contribution in [3.8, 4) is 0 Å². The Labute approximate surface area is 87.4 Å². The zero-order valence-corrected chi connectivity index (χ0v) is 8.31. The second kappa shape index (κ2) is 3.94. The molecule has 1 aromatic heterocycles. The molecule has 0 saturated carbocycles. The monoisotopic (exact) mass is 207 g/mol. The van der Waals surface area contributed by atoms with Crippen LogP contribution >= 0.6 is 0 Å². The van der Waals surface area contributed by atoms with E-state index >= 15 is 0 Å². The maximum absolute atomic E-state index is 10.5. The van der Waals surface area contributed by atoms with Gasteiger partial charge >= 0.3 is 5.97 Å². The Morgan fingerprint density at radius 3 is 3.00 bits per heavy atom. The van der Waals surface area contributed by atoms with Crippen LogP contribution in [0.5, 0.6) is 0 Å². The molecule has 1 atom stereocenters. The number of aliphatic carboxylic acids is 1. The predicted molar refractivity (Wildman–Crippen MR) is 53.2 cm³/mol. The second-order valence-corrected chi connectivity index (χ2v) is 3.75. The first-order valence-electron chi connectivity index (χ1n) is 4.99. The topological polar surface area (TPSA) is 89.1 Å². The summed E-state index contributed by atoms with van der Waals surface area (Å²) in [5.74, 6) is -0.912. The smallest absolute Gasteiger partial charge is 0.305 e. The fraction of sp³-hybridized carbons (Fsp3) is 0.500. The molecule has 1 aromatic rings. The molecule has 3 N–H and O–H groups in total. The summed E-state index contributed by atoms with van der Waals surface area (Å²) in [5.41, 5.74) is 8.30. The highest BCUT2D eigenvalue weighted by Gasteiger charge is 2.18. The van der Waals surface area contributed by atoms with Gasteiger partial charge < -0.3 is 10.8 Å². The maximum Gasteiger partial charge on any atom is 0.305 e. The molecule has 80 valence electrons. The summed E-state index contributed by atoms with van der Waals surface area (Å²) >= 11 is 0. The van der Waals surface area contributed by atoms with Crippen LogP contribution in [0.4, 0.5) is 0 Å². The molecule has 0 aliphatic heterocycles. The van der Waals surface area contributed by atoms with Crippen LogP contribution in [-0.2, 0) is 17.6 Å². The van der Waals surface area contributed by atoms with Gasteiger partial charge in [-0.1, -0.05) is 0 Å². The fourth-order valence-electron chi connectivity index (χ4n) is 1.77. The van der Waals surface area contributed by atoms with Crippen molar-refractivity contribution in [2.24, 2.45) is 5.73 Å². The Hall–Kier alpha value is -1.49. The maximum atomic E-state index is 10.5. The van der Waals surface area contributed by atoms with E-state index in [1.54, 1.807) is 6.20 Å². The molecule has 1 aliphatic carbocycles. The first-order valence-corrected chi connectivity index (χ1v) is 4.99. The molecule has 0 amide bonds. The van der Waals surface area contributed by atoms with Crippen LogP contribution in [0.3, 0.4) is 0 Å². The lowest BCUT2D eigenvalue weighted by molar-refractivity contribution is -0.137. The van der Waals surface area contributed by atoms with Crippen molar-refractivity contribution in [3.63, 3.8) is 0 Å². The Morgan fingerprint density at radius 2 is 2.27 bits per heavy atom. The van der Waals surface area contributed by atoms with Gasteiger partial charge in [-0.2, -0.15) is 0 Å². The van der Waals surface area contributed by atoms with Gasteiger partial charge in [0, 0.05) is 0 Å². The van der Waals surface area contributed by atoms with Crippen LogP contribution in [0.2, 0.25) is 0 Å². The Morgan fingerprint density at radius 1 is 1.53 bits per heavy atom. The highest BCUT2D eigenvalue weighted by Crippen LogP contribution is 2.20. The molecule has 5 nitrogen and oxygen atoms in total. The van der Waals surface area contributed by atoms with Crippen LogP contribution in [0, 0.1) is 0 Å². The van der Waals surface area contributed by atoms with Crippen LogP contribution < -0.4 is 5.73 Å². The number of carbonyl (C=O) groups is 1. The molecule has 0 aromatic carbocycles. The van der Waals surface area contributed by atoms with Gasteiger partial charge in [-0.05, 0) is 19.3 Å². The molecule has 0 fully saturated rings. The lowest BCUT2D eigenvalue weighted by Crippen LogP contribution is -2.17. The lowest BCUT2D eigenvalue weighted by atomic mass is 10.1. The molecule has 0 radical (unpaired) electrons. The zero-order chi connectivity index (χ0) is 10.8. The molecule has 15 heavy (non-hydrogen) atoms. The third-order valence-corrected chi connectivity index (χ3v) is 2.55. The number of carboxylic acids is 1. The van der Waals surface area contributed by atoms with E-state index in [0.717, 1.165) is 30.7 Å². The van der Waals surface area contributed by atoms with Crippen LogP contribution in [-0.4, -0.2) is 21.0 Å². The van der Waals surface area contributed by atoms with Crippen molar-refractivity contribution < 1.29 is 9.90 Å². The third-order valence-electron chi connectivity index (χ3n) is 2.55. The van der Waals surface area contributed by atoms with E-state index < -0.39 is 12.0 Å². The minimum Gasteiger partial charge on any atom is -0.481 e. The van der Waals surface area contributed by atoms with E-state index in [-0.39, 0.29) is 6.42 Å². The highest BCUT2D eigenvalue weighted by molar-refractivity contribution is 5.67. The molecule has 0 spiro atoms. The average Bonchev–Trinajstić information content (AvgIpc) is 2.62. The van der Waals surface area contributed by atoms with E-state index in [9.17, 15) is 4.79 Å². The van der Waals surface area contributed by atoms with Crippen molar-refractivity contribution in [2.45, 2.75) is 31.7 Å². The van der Waals surface area contributed by atoms with Gasteiger partial charge in [0.15, 0.2) is 0 Å². The Kier molecular flexibility index (Phi) is 2.64. The van der Waals surface area contributed by atoms with E-state index in [1.807, 2.05) is 0 Å². The van der Waals surface area contributed by atoms with Gasteiger partial charge in [0.05, 0.1) is 35.7 Å². The minimum absolute atomic E-state index is 0.104. The van der Waals surface area contributed by atoms with Gasteiger partial charge in [0.25, 0.3) is 0 Å². The summed E-state index contributed by atoms with van der Waals surface area (Å²) in [4.78, 5) is 19.1. The number of aryl methyl sites for hydroxylation is 2. The van der Waals surface area contributed by atoms with Crippen LogP contribution in [0.1, 0.15) is 36.0 Å². The Balaban J connectivity index is 2.19. The number of hydrogen-bond acceptors (Lipinski definition) is 4.